The van der Waals surface area contributed by atoms with Crippen molar-refractivity contribution in [2.24, 2.45) is 0 Å². The van der Waals surface area contributed by atoms with Gasteiger partial charge in [0.1, 0.15) is 5.69 Å². The van der Waals surface area contributed by atoms with Crippen molar-refractivity contribution < 1.29 is 14.3 Å². The number of aromatic nitrogens is 2. The number of nitrogens with one attached hydrogen (secondary N) is 2. The Hall–Kier alpha value is -3.26. The lowest BCUT2D eigenvalue weighted by molar-refractivity contribution is 0.0499. The Labute approximate surface area is 166 Å². The summed E-state index contributed by atoms with van der Waals surface area (Å²) >= 11 is 1.33. The minimum Gasteiger partial charge on any atom is -0.462 e. The number of carbonyl (C=O) groups excluding carboxylic acids is 2. The van der Waals surface area contributed by atoms with Gasteiger partial charge in [0.05, 0.1) is 24.1 Å². The number of carbonyl (C=O) groups is 2. The van der Waals surface area contributed by atoms with Crippen LogP contribution >= 0.6 is 11.3 Å². The Kier molecular flexibility index (Phi) is 6.69. The summed E-state index contributed by atoms with van der Waals surface area (Å²) in [7, 11) is 0. The molecule has 1 amide bonds. The zero-order valence-electron chi connectivity index (χ0n) is 15.3. The lowest BCUT2D eigenvalue weighted by Gasteiger charge is -2.06. The van der Waals surface area contributed by atoms with Crippen LogP contribution in [0.15, 0.2) is 54.2 Å². The van der Waals surface area contributed by atoms with Crippen LogP contribution in [0.25, 0.3) is 0 Å². The molecule has 1 aromatic carbocycles. The highest BCUT2D eigenvalue weighted by molar-refractivity contribution is 7.14. The van der Waals surface area contributed by atoms with Crippen molar-refractivity contribution in [2.45, 2.75) is 19.8 Å². The monoisotopic (exact) mass is 396 g/mol. The van der Waals surface area contributed by atoms with Crippen LogP contribution in [0.2, 0.25) is 0 Å². The SMILES string of the molecule is CCCCOC(=O)c1ccc(NC(=O)c2csc(Nc3cccnc3)n2)cc1. The van der Waals surface area contributed by atoms with Gasteiger partial charge in [0.15, 0.2) is 5.13 Å². The third-order valence-electron chi connectivity index (χ3n) is 3.76. The summed E-state index contributed by atoms with van der Waals surface area (Å²) in [6, 6.07) is 10.3. The maximum Gasteiger partial charge on any atom is 0.338 e. The van der Waals surface area contributed by atoms with Crippen molar-refractivity contribution in [1.29, 1.82) is 0 Å². The fraction of sp³-hybridized carbons (Fsp3) is 0.200. The lowest BCUT2D eigenvalue weighted by atomic mass is 10.2. The summed E-state index contributed by atoms with van der Waals surface area (Å²) in [4.78, 5) is 32.6. The van der Waals surface area contributed by atoms with Gasteiger partial charge in [-0.1, -0.05) is 13.3 Å². The molecule has 2 N–H and O–H groups in total. The molecular formula is C20H20N4O3S. The van der Waals surface area contributed by atoms with Gasteiger partial charge in [-0.2, -0.15) is 0 Å². The number of esters is 1. The van der Waals surface area contributed by atoms with E-state index in [2.05, 4.69) is 20.6 Å². The highest BCUT2D eigenvalue weighted by Gasteiger charge is 2.12. The molecule has 2 heterocycles. The molecule has 0 bridgehead atoms. The average Bonchev–Trinajstić information content (AvgIpc) is 3.18. The number of thiazole rings is 1. The van der Waals surface area contributed by atoms with Crippen molar-refractivity contribution >= 4 is 39.7 Å². The summed E-state index contributed by atoms with van der Waals surface area (Å²) in [5.41, 5.74) is 2.13. The second-order valence-electron chi connectivity index (χ2n) is 5.93. The standard InChI is InChI=1S/C20H20N4O3S/c1-2-3-11-27-19(26)14-6-8-15(9-7-14)22-18(25)17-13-28-20(24-17)23-16-5-4-10-21-12-16/h4-10,12-13H,2-3,11H2,1H3,(H,22,25)(H,23,24). The number of nitrogens with zero attached hydrogens (tertiary/aromatic N) is 2. The lowest BCUT2D eigenvalue weighted by Crippen LogP contribution is -2.13. The number of amides is 1. The average molecular weight is 396 g/mol. The van der Waals surface area contributed by atoms with Crippen LogP contribution in [0.4, 0.5) is 16.5 Å². The first kappa shape index (κ1) is 19.5. The molecule has 0 saturated carbocycles. The fourth-order valence-electron chi connectivity index (χ4n) is 2.27. The number of ether oxygens (including phenoxy) is 1. The maximum atomic E-state index is 12.4. The molecule has 0 saturated heterocycles. The fourth-order valence-corrected chi connectivity index (χ4v) is 2.98. The Balaban J connectivity index is 1.56. The Bertz CT molecular complexity index is 926. The first-order valence-corrected chi connectivity index (χ1v) is 9.75. The van der Waals surface area contributed by atoms with Crippen molar-refractivity contribution in [1.82, 2.24) is 9.97 Å². The zero-order chi connectivity index (χ0) is 19.8. The predicted molar refractivity (Wildman–Crippen MR) is 109 cm³/mol. The van der Waals surface area contributed by atoms with Crippen LogP contribution in [0.1, 0.15) is 40.6 Å². The number of pyridine rings is 1. The molecular weight excluding hydrogens is 376 g/mol. The third kappa shape index (κ3) is 5.37. The molecule has 0 aliphatic rings. The molecule has 0 spiro atoms. The van der Waals surface area contributed by atoms with Crippen LogP contribution in [0.3, 0.4) is 0 Å². The smallest absolute Gasteiger partial charge is 0.338 e. The predicted octanol–water partition coefficient (Wildman–Crippen LogP) is 4.49. The number of rotatable bonds is 8. The quantitative estimate of drug-likeness (QED) is 0.430. The molecule has 0 atom stereocenters. The van der Waals surface area contributed by atoms with Gasteiger partial charge in [0.2, 0.25) is 0 Å². The van der Waals surface area contributed by atoms with Gasteiger partial charge in [-0.25, -0.2) is 9.78 Å². The van der Waals surface area contributed by atoms with E-state index in [1.54, 1.807) is 42.0 Å². The minimum atomic E-state index is -0.364. The molecule has 0 unspecified atom stereocenters. The first-order chi connectivity index (χ1) is 13.7. The zero-order valence-corrected chi connectivity index (χ0v) is 16.2. The van der Waals surface area contributed by atoms with Crippen molar-refractivity contribution in [3.63, 3.8) is 0 Å². The van der Waals surface area contributed by atoms with Crippen LogP contribution in [-0.4, -0.2) is 28.5 Å². The van der Waals surface area contributed by atoms with Gasteiger partial charge < -0.3 is 15.4 Å². The molecule has 0 aliphatic heterocycles. The van der Waals surface area contributed by atoms with E-state index in [9.17, 15) is 9.59 Å². The molecule has 8 heteroatoms. The Morgan fingerprint density at radius 2 is 1.96 bits per heavy atom. The number of benzene rings is 1. The van der Waals surface area contributed by atoms with Gasteiger partial charge in [-0.05, 0) is 42.8 Å². The van der Waals surface area contributed by atoms with Gasteiger partial charge in [0.25, 0.3) is 5.91 Å². The summed E-state index contributed by atoms with van der Waals surface area (Å²) in [6.45, 7) is 2.44. The van der Waals surface area contributed by atoms with E-state index in [4.69, 9.17) is 4.74 Å². The second kappa shape index (κ2) is 9.61. The molecule has 2 aromatic heterocycles. The third-order valence-corrected chi connectivity index (χ3v) is 4.52. The molecule has 3 rings (SSSR count). The normalized spacial score (nSPS) is 10.3. The Morgan fingerprint density at radius 1 is 1.14 bits per heavy atom. The van der Waals surface area contributed by atoms with E-state index < -0.39 is 0 Å². The van der Waals surface area contributed by atoms with Crippen molar-refractivity contribution in [3.05, 3.63) is 65.4 Å². The first-order valence-electron chi connectivity index (χ1n) is 8.87. The number of anilines is 3. The largest absolute Gasteiger partial charge is 0.462 e. The molecule has 28 heavy (non-hydrogen) atoms. The van der Waals surface area contributed by atoms with E-state index in [0.29, 0.717) is 28.7 Å². The van der Waals surface area contributed by atoms with E-state index in [0.717, 1.165) is 18.5 Å². The summed E-state index contributed by atoms with van der Waals surface area (Å²) in [6.07, 6.45) is 5.16. The highest BCUT2D eigenvalue weighted by atomic mass is 32.1. The molecule has 0 radical (unpaired) electrons. The summed E-state index contributed by atoms with van der Waals surface area (Å²) in [5, 5.41) is 8.14. The van der Waals surface area contributed by atoms with Gasteiger partial charge in [-0.15, -0.1) is 11.3 Å². The highest BCUT2D eigenvalue weighted by Crippen LogP contribution is 2.21. The second-order valence-corrected chi connectivity index (χ2v) is 6.78. The molecule has 0 aliphatic carbocycles. The van der Waals surface area contributed by atoms with E-state index in [1.165, 1.54) is 11.3 Å². The Morgan fingerprint density at radius 3 is 2.68 bits per heavy atom. The number of hydrogen-bond acceptors (Lipinski definition) is 7. The van der Waals surface area contributed by atoms with Crippen LogP contribution in [0, 0.1) is 0 Å². The maximum absolute atomic E-state index is 12.4. The van der Waals surface area contributed by atoms with Crippen molar-refractivity contribution in [3.8, 4) is 0 Å². The van der Waals surface area contributed by atoms with Crippen molar-refractivity contribution in [2.75, 3.05) is 17.2 Å². The van der Waals surface area contributed by atoms with E-state index >= 15 is 0 Å². The molecule has 3 aromatic rings. The molecule has 0 fully saturated rings. The van der Waals surface area contributed by atoms with E-state index in [-0.39, 0.29) is 11.9 Å². The van der Waals surface area contributed by atoms with Gasteiger partial charge in [0, 0.05) is 17.3 Å². The summed E-state index contributed by atoms with van der Waals surface area (Å²) < 4.78 is 5.16. The van der Waals surface area contributed by atoms with Crippen LogP contribution < -0.4 is 10.6 Å². The summed E-state index contributed by atoms with van der Waals surface area (Å²) in [5.74, 6) is -0.689. The van der Waals surface area contributed by atoms with Crippen LogP contribution in [-0.2, 0) is 4.74 Å². The van der Waals surface area contributed by atoms with E-state index in [1.807, 2.05) is 19.1 Å². The number of hydrogen-bond donors (Lipinski definition) is 2. The van der Waals surface area contributed by atoms with Gasteiger partial charge >= 0.3 is 5.97 Å². The molecule has 7 nitrogen and oxygen atoms in total. The number of unbranched alkanes of at least 4 members (excludes halogenated alkanes) is 1. The minimum absolute atomic E-state index is 0.305. The van der Waals surface area contributed by atoms with Crippen LogP contribution in [0.5, 0.6) is 0 Å². The van der Waals surface area contributed by atoms with Gasteiger partial charge in [-0.3, -0.25) is 9.78 Å². The topological polar surface area (TPSA) is 93.2 Å². The molecule has 144 valence electrons.